The van der Waals surface area contributed by atoms with Crippen LogP contribution in [-0.4, -0.2) is 31.8 Å². The third-order valence-electron chi connectivity index (χ3n) is 5.03. The van der Waals surface area contributed by atoms with E-state index in [9.17, 15) is 9.59 Å². The number of rotatable bonds is 5. The minimum absolute atomic E-state index is 0.0776. The van der Waals surface area contributed by atoms with E-state index in [4.69, 9.17) is 9.72 Å². The van der Waals surface area contributed by atoms with Crippen molar-refractivity contribution in [2.24, 2.45) is 0 Å². The molecule has 1 saturated heterocycles. The quantitative estimate of drug-likeness (QED) is 0.749. The zero-order chi connectivity index (χ0) is 19.0. The maximum atomic E-state index is 12.7. The van der Waals surface area contributed by atoms with E-state index in [0.717, 1.165) is 30.8 Å². The number of hydrogen-bond donors (Lipinski definition) is 1. The molecule has 1 atom stereocenters. The van der Waals surface area contributed by atoms with Gasteiger partial charge in [0.05, 0.1) is 19.2 Å². The number of fused-ring (bicyclic) bond motifs is 1. The van der Waals surface area contributed by atoms with Crippen molar-refractivity contribution in [1.29, 1.82) is 0 Å². The highest BCUT2D eigenvalue weighted by atomic mass is 16.5. The fourth-order valence-corrected chi connectivity index (χ4v) is 3.72. The summed E-state index contributed by atoms with van der Waals surface area (Å²) in [5, 5.41) is 0. The van der Waals surface area contributed by atoms with Gasteiger partial charge in [0.25, 0.3) is 5.56 Å². The molecule has 7 nitrogen and oxygen atoms in total. The minimum Gasteiger partial charge on any atom is -0.376 e. The van der Waals surface area contributed by atoms with Gasteiger partial charge in [-0.05, 0) is 18.4 Å². The average molecular weight is 368 g/mol. The number of benzene rings is 1. The highest BCUT2D eigenvalue weighted by Crippen LogP contribution is 2.23. The van der Waals surface area contributed by atoms with E-state index in [2.05, 4.69) is 4.98 Å². The molecule has 0 saturated carbocycles. The van der Waals surface area contributed by atoms with E-state index in [1.54, 1.807) is 4.57 Å². The number of aromatic nitrogens is 4. The molecule has 7 heteroatoms. The first-order chi connectivity index (χ1) is 13.0. The van der Waals surface area contributed by atoms with Crippen LogP contribution in [-0.2, 0) is 17.8 Å². The smallest absolute Gasteiger partial charge is 0.330 e. The van der Waals surface area contributed by atoms with Crippen LogP contribution in [0.4, 0.5) is 0 Å². The summed E-state index contributed by atoms with van der Waals surface area (Å²) >= 11 is 0. The molecule has 1 unspecified atom stereocenters. The van der Waals surface area contributed by atoms with Crippen molar-refractivity contribution in [1.82, 2.24) is 19.1 Å². The number of H-pyrrole nitrogens is 1. The lowest BCUT2D eigenvalue weighted by atomic mass is 10.2. The highest BCUT2D eigenvalue weighted by molar-refractivity contribution is 5.71. The van der Waals surface area contributed by atoms with Gasteiger partial charge in [0.2, 0.25) is 0 Å². The number of imidazole rings is 1. The summed E-state index contributed by atoms with van der Waals surface area (Å²) in [6.45, 7) is 5.78. The molecule has 0 aliphatic carbocycles. The van der Waals surface area contributed by atoms with E-state index in [0.29, 0.717) is 24.3 Å². The highest BCUT2D eigenvalue weighted by Gasteiger charge is 2.24. The van der Waals surface area contributed by atoms with Crippen LogP contribution in [0.5, 0.6) is 0 Å². The van der Waals surface area contributed by atoms with Gasteiger partial charge in [0.1, 0.15) is 5.82 Å². The van der Waals surface area contributed by atoms with Crippen LogP contribution >= 0.6 is 0 Å². The predicted molar refractivity (Wildman–Crippen MR) is 103 cm³/mol. The Labute approximate surface area is 156 Å². The van der Waals surface area contributed by atoms with Gasteiger partial charge in [0.15, 0.2) is 11.2 Å². The second-order valence-corrected chi connectivity index (χ2v) is 7.37. The maximum Gasteiger partial charge on any atom is 0.330 e. The van der Waals surface area contributed by atoms with Crippen LogP contribution in [0.1, 0.15) is 44.0 Å². The number of nitrogens with zero attached hydrogens (tertiary/aromatic N) is 3. The Morgan fingerprint density at radius 2 is 2.00 bits per heavy atom. The molecule has 0 bridgehead atoms. The number of hydrogen-bond acceptors (Lipinski definition) is 4. The molecule has 3 aromatic rings. The van der Waals surface area contributed by atoms with Gasteiger partial charge in [0, 0.05) is 12.5 Å². The van der Waals surface area contributed by atoms with Gasteiger partial charge in [-0.3, -0.25) is 14.3 Å². The average Bonchev–Trinajstić information content (AvgIpc) is 3.28. The number of nitrogens with one attached hydrogen (secondary N) is 1. The van der Waals surface area contributed by atoms with Gasteiger partial charge in [-0.25, -0.2) is 9.78 Å². The molecular formula is C20H24N4O3. The topological polar surface area (TPSA) is 81.9 Å². The summed E-state index contributed by atoms with van der Waals surface area (Å²) in [7, 11) is 0. The molecule has 142 valence electrons. The Morgan fingerprint density at radius 1 is 1.22 bits per heavy atom. The van der Waals surface area contributed by atoms with E-state index in [1.807, 2.05) is 48.7 Å². The molecular weight excluding hydrogens is 344 g/mol. The minimum atomic E-state index is -0.437. The van der Waals surface area contributed by atoms with E-state index >= 15 is 0 Å². The summed E-state index contributed by atoms with van der Waals surface area (Å²) < 4.78 is 9.26. The standard InChI is InChI=1S/C20H24N4O3/c1-13(2)17-21-18-16(23(17)12-15-9-6-10-27-15)19(25)22-20(26)24(18)11-14-7-4-3-5-8-14/h3-5,7-8,13,15H,6,9-12H2,1-2H3,(H,22,25,26). The molecule has 1 aliphatic rings. The molecule has 1 fully saturated rings. The molecule has 1 N–H and O–H groups in total. The molecule has 0 spiro atoms. The van der Waals surface area contributed by atoms with Crippen LogP contribution in [0, 0.1) is 0 Å². The third-order valence-corrected chi connectivity index (χ3v) is 5.03. The van der Waals surface area contributed by atoms with Gasteiger partial charge in [-0.2, -0.15) is 0 Å². The van der Waals surface area contributed by atoms with Crippen LogP contribution in [0.25, 0.3) is 11.2 Å². The van der Waals surface area contributed by atoms with Gasteiger partial charge >= 0.3 is 5.69 Å². The number of aromatic amines is 1. The lowest BCUT2D eigenvalue weighted by Gasteiger charge is -2.15. The fraction of sp³-hybridized carbons (Fsp3) is 0.450. The maximum absolute atomic E-state index is 12.7. The van der Waals surface area contributed by atoms with Crippen LogP contribution in [0.2, 0.25) is 0 Å². The summed E-state index contributed by atoms with van der Waals surface area (Å²) in [5.74, 6) is 0.928. The van der Waals surface area contributed by atoms with E-state index < -0.39 is 11.2 Å². The molecule has 27 heavy (non-hydrogen) atoms. The summed E-state index contributed by atoms with van der Waals surface area (Å²) in [6, 6.07) is 9.70. The molecule has 1 aromatic carbocycles. The first kappa shape index (κ1) is 17.7. The zero-order valence-electron chi connectivity index (χ0n) is 15.6. The van der Waals surface area contributed by atoms with Crippen molar-refractivity contribution in [3.8, 4) is 0 Å². The summed E-state index contributed by atoms with van der Waals surface area (Å²) in [4.78, 5) is 32.4. The largest absolute Gasteiger partial charge is 0.376 e. The van der Waals surface area contributed by atoms with Gasteiger partial charge in [-0.15, -0.1) is 0 Å². The Kier molecular flexibility index (Phi) is 4.70. The lowest BCUT2D eigenvalue weighted by molar-refractivity contribution is 0.0970. The Bertz CT molecular complexity index is 1060. The number of ether oxygens (including phenoxy) is 1. The van der Waals surface area contributed by atoms with E-state index in [-0.39, 0.29) is 12.0 Å². The molecule has 1 aliphatic heterocycles. The van der Waals surface area contributed by atoms with Crippen molar-refractivity contribution in [3.05, 3.63) is 62.6 Å². The monoisotopic (exact) mass is 368 g/mol. The van der Waals surface area contributed by atoms with Crippen LogP contribution < -0.4 is 11.2 Å². The van der Waals surface area contributed by atoms with E-state index in [1.165, 1.54) is 0 Å². The van der Waals surface area contributed by atoms with Crippen molar-refractivity contribution in [2.45, 2.75) is 51.8 Å². The van der Waals surface area contributed by atoms with Crippen molar-refractivity contribution < 1.29 is 4.74 Å². The lowest BCUT2D eigenvalue weighted by Crippen LogP contribution is -2.32. The molecule has 4 rings (SSSR count). The van der Waals surface area contributed by atoms with Crippen molar-refractivity contribution >= 4 is 11.2 Å². The SMILES string of the molecule is CC(C)c1nc2c(c(=O)[nH]c(=O)n2Cc2ccccc2)n1CC1CCCO1. The Morgan fingerprint density at radius 3 is 2.67 bits per heavy atom. The normalized spacial score (nSPS) is 17.2. The molecule has 2 aromatic heterocycles. The molecule has 0 radical (unpaired) electrons. The second kappa shape index (κ2) is 7.15. The van der Waals surface area contributed by atoms with Gasteiger partial charge in [-0.1, -0.05) is 44.2 Å². The van der Waals surface area contributed by atoms with Crippen molar-refractivity contribution in [2.75, 3.05) is 6.61 Å². The predicted octanol–water partition coefficient (Wildman–Crippen LogP) is 2.24. The third kappa shape index (κ3) is 3.35. The second-order valence-electron chi connectivity index (χ2n) is 7.37. The molecule has 0 amide bonds. The summed E-state index contributed by atoms with van der Waals surface area (Å²) in [6.07, 6.45) is 2.08. The summed E-state index contributed by atoms with van der Waals surface area (Å²) in [5.41, 5.74) is 1.04. The Hall–Kier alpha value is -2.67. The van der Waals surface area contributed by atoms with Crippen molar-refractivity contribution in [3.63, 3.8) is 0 Å². The fourth-order valence-electron chi connectivity index (χ4n) is 3.72. The van der Waals surface area contributed by atoms with Crippen LogP contribution in [0.15, 0.2) is 39.9 Å². The Balaban J connectivity index is 1.89. The molecule has 3 heterocycles. The van der Waals surface area contributed by atoms with Gasteiger partial charge < -0.3 is 9.30 Å². The first-order valence-corrected chi connectivity index (χ1v) is 9.43. The zero-order valence-corrected chi connectivity index (χ0v) is 15.6. The first-order valence-electron chi connectivity index (χ1n) is 9.43. The van der Waals surface area contributed by atoms with Crippen LogP contribution in [0.3, 0.4) is 0 Å².